The number of nitrogens with zero attached hydrogens (tertiary/aromatic N) is 1. The van der Waals surface area contributed by atoms with Gasteiger partial charge < -0.3 is 10.2 Å². The topological polar surface area (TPSA) is 49.4 Å². The fraction of sp³-hybridized carbons (Fsp3) is 0.231. The van der Waals surface area contributed by atoms with Gasteiger partial charge in [0.25, 0.3) is 0 Å². The smallest absolute Gasteiger partial charge is 0.242 e. The SMILES string of the molecule is CNC(=O)[C@@H](Cc1ccccc1)N(Cc1ccc(Br)cc1)C(=O)CSCc1ccccc1. The standard InChI is InChI=1S/C26H27BrN2O2S/c1-28-26(31)24(16-20-8-4-2-5-9-20)29(17-21-12-14-23(27)15-13-21)25(30)19-32-18-22-10-6-3-7-11-22/h2-15,24H,16-19H2,1H3,(H,28,31)/t24-/m1/s1. The van der Waals surface area contributed by atoms with Gasteiger partial charge in [-0.25, -0.2) is 0 Å². The molecule has 32 heavy (non-hydrogen) atoms. The Kier molecular flexibility index (Phi) is 9.38. The molecule has 2 amide bonds. The highest BCUT2D eigenvalue weighted by atomic mass is 79.9. The molecule has 4 nitrogen and oxygen atoms in total. The van der Waals surface area contributed by atoms with Gasteiger partial charge in [0.2, 0.25) is 11.8 Å². The van der Waals surface area contributed by atoms with Crippen molar-refractivity contribution in [3.05, 3.63) is 106 Å². The van der Waals surface area contributed by atoms with Crippen LogP contribution in [-0.4, -0.2) is 35.6 Å². The second-order valence-corrected chi connectivity index (χ2v) is 9.35. The molecule has 0 aliphatic heterocycles. The lowest BCUT2D eigenvalue weighted by atomic mass is 10.0. The zero-order valence-corrected chi connectivity index (χ0v) is 20.4. The molecule has 3 aromatic carbocycles. The van der Waals surface area contributed by atoms with Crippen LogP contribution >= 0.6 is 27.7 Å². The second kappa shape index (κ2) is 12.5. The molecule has 0 saturated heterocycles. The van der Waals surface area contributed by atoms with E-state index in [0.29, 0.717) is 18.7 Å². The summed E-state index contributed by atoms with van der Waals surface area (Å²) in [6.45, 7) is 0.378. The van der Waals surface area contributed by atoms with Gasteiger partial charge in [0.05, 0.1) is 5.75 Å². The first kappa shape index (κ1) is 24.1. The first-order valence-corrected chi connectivity index (χ1v) is 12.4. The van der Waals surface area contributed by atoms with Crippen LogP contribution in [0.2, 0.25) is 0 Å². The molecule has 0 bridgehead atoms. The fourth-order valence-corrected chi connectivity index (χ4v) is 4.56. The Labute approximate surface area is 202 Å². The molecule has 0 saturated carbocycles. The molecule has 0 aliphatic rings. The van der Waals surface area contributed by atoms with E-state index < -0.39 is 6.04 Å². The molecule has 1 atom stereocenters. The van der Waals surface area contributed by atoms with Crippen molar-refractivity contribution in [2.75, 3.05) is 12.8 Å². The van der Waals surface area contributed by atoms with Crippen LogP contribution in [0.15, 0.2) is 89.4 Å². The summed E-state index contributed by atoms with van der Waals surface area (Å²) < 4.78 is 0.977. The van der Waals surface area contributed by atoms with Gasteiger partial charge in [0.15, 0.2) is 0 Å². The highest BCUT2D eigenvalue weighted by Crippen LogP contribution is 2.19. The molecular weight excluding hydrogens is 484 g/mol. The number of halogens is 1. The Balaban J connectivity index is 1.80. The van der Waals surface area contributed by atoms with Crippen molar-refractivity contribution in [1.29, 1.82) is 0 Å². The number of rotatable bonds is 10. The number of benzene rings is 3. The number of likely N-dealkylation sites (N-methyl/N-ethyl adjacent to an activating group) is 1. The molecule has 3 rings (SSSR count). The monoisotopic (exact) mass is 510 g/mol. The molecule has 166 valence electrons. The molecule has 0 unspecified atom stereocenters. The molecule has 0 radical (unpaired) electrons. The van der Waals surface area contributed by atoms with E-state index in [1.165, 1.54) is 5.56 Å². The van der Waals surface area contributed by atoms with E-state index in [4.69, 9.17) is 0 Å². The van der Waals surface area contributed by atoms with E-state index in [2.05, 4.69) is 33.4 Å². The quantitative estimate of drug-likeness (QED) is 0.414. The maximum absolute atomic E-state index is 13.4. The fourth-order valence-electron chi connectivity index (χ4n) is 3.42. The number of nitrogens with one attached hydrogen (secondary N) is 1. The van der Waals surface area contributed by atoms with Crippen LogP contribution in [0.3, 0.4) is 0 Å². The van der Waals surface area contributed by atoms with Crippen molar-refractivity contribution in [3.8, 4) is 0 Å². The van der Waals surface area contributed by atoms with Crippen LogP contribution < -0.4 is 5.32 Å². The maximum atomic E-state index is 13.4. The van der Waals surface area contributed by atoms with E-state index in [1.54, 1.807) is 23.7 Å². The normalized spacial score (nSPS) is 11.6. The molecule has 1 N–H and O–H groups in total. The largest absolute Gasteiger partial charge is 0.357 e. The van der Waals surface area contributed by atoms with Gasteiger partial charge in [-0.3, -0.25) is 9.59 Å². The molecular formula is C26H27BrN2O2S. The predicted molar refractivity (Wildman–Crippen MR) is 135 cm³/mol. The lowest BCUT2D eigenvalue weighted by Gasteiger charge is -2.31. The minimum absolute atomic E-state index is 0.0432. The summed E-state index contributed by atoms with van der Waals surface area (Å²) >= 11 is 5.03. The average molecular weight is 511 g/mol. The number of carbonyl (C=O) groups is 2. The minimum atomic E-state index is -0.587. The van der Waals surface area contributed by atoms with Gasteiger partial charge in [0, 0.05) is 30.2 Å². The Morgan fingerprint density at radius 2 is 1.47 bits per heavy atom. The Morgan fingerprint density at radius 1 is 0.875 bits per heavy atom. The van der Waals surface area contributed by atoms with E-state index in [9.17, 15) is 9.59 Å². The summed E-state index contributed by atoms with van der Waals surface area (Å²) in [7, 11) is 1.62. The third-order valence-corrected chi connectivity index (χ3v) is 6.64. The van der Waals surface area contributed by atoms with E-state index in [0.717, 1.165) is 21.4 Å². The Hall–Kier alpha value is -2.57. The van der Waals surface area contributed by atoms with Crippen LogP contribution in [0, 0.1) is 0 Å². The lowest BCUT2D eigenvalue weighted by Crippen LogP contribution is -2.50. The zero-order valence-electron chi connectivity index (χ0n) is 18.0. The van der Waals surface area contributed by atoms with Crippen molar-refractivity contribution < 1.29 is 9.59 Å². The van der Waals surface area contributed by atoms with Crippen LogP contribution in [0.4, 0.5) is 0 Å². The molecule has 6 heteroatoms. The van der Waals surface area contributed by atoms with E-state index >= 15 is 0 Å². The van der Waals surface area contributed by atoms with Gasteiger partial charge in [-0.15, -0.1) is 11.8 Å². The first-order chi connectivity index (χ1) is 15.6. The third-order valence-electron chi connectivity index (χ3n) is 5.12. The maximum Gasteiger partial charge on any atom is 0.242 e. The van der Waals surface area contributed by atoms with Gasteiger partial charge in [-0.05, 0) is 28.8 Å². The molecule has 0 heterocycles. The summed E-state index contributed by atoms with van der Waals surface area (Å²) in [5.41, 5.74) is 3.18. The van der Waals surface area contributed by atoms with Crippen molar-refractivity contribution in [3.63, 3.8) is 0 Å². The van der Waals surface area contributed by atoms with Crippen molar-refractivity contribution in [2.45, 2.75) is 24.8 Å². The minimum Gasteiger partial charge on any atom is -0.357 e. The zero-order chi connectivity index (χ0) is 22.8. The van der Waals surface area contributed by atoms with Crippen LogP contribution in [0.1, 0.15) is 16.7 Å². The second-order valence-electron chi connectivity index (χ2n) is 7.45. The van der Waals surface area contributed by atoms with Crippen LogP contribution in [-0.2, 0) is 28.3 Å². The number of carbonyl (C=O) groups excluding carboxylic acids is 2. The first-order valence-electron chi connectivity index (χ1n) is 10.5. The molecule has 3 aromatic rings. The Morgan fingerprint density at radius 3 is 2.06 bits per heavy atom. The highest BCUT2D eigenvalue weighted by Gasteiger charge is 2.29. The molecule has 0 aromatic heterocycles. The number of hydrogen-bond donors (Lipinski definition) is 1. The summed E-state index contributed by atoms with van der Waals surface area (Å²) in [6, 6.07) is 27.2. The molecule has 0 spiro atoms. The average Bonchev–Trinajstić information content (AvgIpc) is 2.83. The van der Waals surface area contributed by atoms with Crippen LogP contribution in [0.25, 0.3) is 0 Å². The van der Waals surface area contributed by atoms with Gasteiger partial charge in [-0.2, -0.15) is 0 Å². The van der Waals surface area contributed by atoms with Gasteiger partial charge in [-0.1, -0.05) is 88.7 Å². The summed E-state index contributed by atoms with van der Waals surface area (Å²) in [5, 5.41) is 2.75. The molecule has 0 fully saturated rings. The predicted octanol–water partition coefficient (Wildman–Crippen LogP) is 5.07. The van der Waals surface area contributed by atoms with Crippen molar-refractivity contribution >= 4 is 39.5 Å². The molecule has 0 aliphatic carbocycles. The number of amides is 2. The summed E-state index contributed by atoms with van der Waals surface area (Å²) in [6.07, 6.45) is 0.464. The summed E-state index contributed by atoms with van der Waals surface area (Å²) in [4.78, 5) is 28.0. The number of hydrogen-bond acceptors (Lipinski definition) is 3. The van der Waals surface area contributed by atoms with E-state index in [-0.39, 0.29) is 11.8 Å². The van der Waals surface area contributed by atoms with Crippen molar-refractivity contribution in [2.24, 2.45) is 0 Å². The lowest BCUT2D eigenvalue weighted by molar-refractivity contribution is -0.139. The number of thioether (sulfide) groups is 1. The highest BCUT2D eigenvalue weighted by molar-refractivity contribution is 9.10. The van der Waals surface area contributed by atoms with Gasteiger partial charge in [0.1, 0.15) is 6.04 Å². The van der Waals surface area contributed by atoms with Crippen LogP contribution in [0.5, 0.6) is 0 Å². The Bertz CT molecular complexity index is 997. The van der Waals surface area contributed by atoms with Crippen molar-refractivity contribution in [1.82, 2.24) is 10.2 Å². The third kappa shape index (κ3) is 7.24. The van der Waals surface area contributed by atoms with Gasteiger partial charge >= 0.3 is 0 Å². The summed E-state index contributed by atoms with van der Waals surface area (Å²) in [5.74, 6) is 0.862. The van der Waals surface area contributed by atoms with E-state index in [1.807, 2.05) is 72.8 Å².